The van der Waals surface area contributed by atoms with Gasteiger partial charge in [0.1, 0.15) is 0 Å². The molecule has 1 aliphatic rings. The van der Waals surface area contributed by atoms with Crippen molar-refractivity contribution in [3.8, 4) is 12.3 Å². The molecule has 1 fully saturated rings. The van der Waals surface area contributed by atoms with Crippen molar-refractivity contribution >= 4 is 10.0 Å². The second kappa shape index (κ2) is 5.50. The fraction of sp³-hybridized carbons (Fsp3) is 0.800. The van der Waals surface area contributed by atoms with Gasteiger partial charge in [-0.05, 0) is 38.8 Å². The van der Waals surface area contributed by atoms with Crippen molar-refractivity contribution in [3.63, 3.8) is 0 Å². The summed E-state index contributed by atoms with van der Waals surface area (Å²) in [5, 5.41) is 3.19. The maximum absolute atomic E-state index is 11.6. The molecule has 0 aliphatic carbocycles. The van der Waals surface area contributed by atoms with Gasteiger partial charge in [-0.1, -0.05) is 5.92 Å². The van der Waals surface area contributed by atoms with Crippen LogP contribution in [-0.4, -0.2) is 33.3 Å². The Morgan fingerprint density at radius 1 is 1.67 bits per heavy atom. The molecule has 0 spiro atoms. The lowest BCUT2D eigenvalue weighted by atomic mass is 10.0. The Bertz CT molecular complexity index is 326. The van der Waals surface area contributed by atoms with Gasteiger partial charge in [0.25, 0.3) is 0 Å². The molecule has 1 heterocycles. The van der Waals surface area contributed by atoms with Crippen molar-refractivity contribution in [1.82, 2.24) is 10.0 Å². The van der Waals surface area contributed by atoms with Crippen LogP contribution in [0, 0.1) is 18.3 Å². The number of nitrogens with one attached hydrogen (secondary N) is 2. The van der Waals surface area contributed by atoms with E-state index in [1.807, 2.05) is 0 Å². The van der Waals surface area contributed by atoms with Crippen molar-refractivity contribution < 1.29 is 8.42 Å². The van der Waals surface area contributed by atoms with E-state index in [0.717, 1.165) is 25.9 Å². The monoisotopic (exact) mass is 230 g/mol. The predicted molar refractivity (Wildman–Crippen MR) is 60.8 cm³/mol. The number of terminal acetylenes is 1. The van der Waals surface area contributed by atoms with E-state index in [2.05, 4.69) is 16.0 Å². The zero-order valence-corrected chi connectivity index (χ0v) is 9.81. The Morgan fingerprint density at radius 3 is 2.93 bits per heavy atom. The van der Waals surface area contributed by atoms with E-state index in [1.54, 1.807) is 6.92 Å². The van der Waals surface area contributed by atoms with Gasteiger partial charge >= 0.3 is 0 Å². The first-order valence-corrected chi connectivity index (χ1v) is 6.85. The first kappa shape index (κ1) is 12.5. The molecule has 15 heavy (non-hydrogen) atoms. The van der Waals surface area contributed by atoms with Crippen molar-refractivity contribution in [3.05, 3.63) is 0 Å². The molecule has 0 saturated carbocycles. The number of rotatable bonds is 4. The Balaban J connectivity index is 2.45. The van der Waals surface area contributed by atoms with Gasteiger partial charge in [0.15, 0.2) is 0 Å². The zero-order chi connectivity index (χ0) is 11.3. The molecular formula is C10H18N2O2S. The Labute approximate surface area is 91.9 Å². The molecule has 0 amide bonds. The van der Waals surface area contributed by atoms with Crippen LogP contribution in [0.4, 0.5) is 0 Å². The van der Waals surface area contributed by atoms with Crippen LogP contribution in [0.5, 0.6) is 0 Å². The van der Waals surface area contributed by atoms with E-state index < -0.39 is 16.1 Å². The lowest BCUT2D eigenvalue weighted by molar-refractivity contribution is 0.402. The van der Waals surface area contributed by atoms with Crippen LogP contribution in [0.1, 0.15) is 19.8 Å². The molecule has 0 bridgehead atoms. The topological polar surface area (TPSA) is 58.2 Å². The van der Waals surface area contributed by atoms with Crippen LogP contribution in [0.15, 0.2) is 0 Å². The Hall–Kier alpha value is -0.570. The second-order valence-corrected chi connectivity index (χ2v) is 5.80. The number of hydrogen-bond acceptors (Lipinski definition) is 3. The van der Waals surface area contributed by atoms with Crippen LogP contribution in [0.2, 0.25) is 0 Å². The maximum atomic E-state index is 11.6. The maximum Gasteiger partial charge on any atom is 0.212 e. The molecule has 2 unspecified atom stereocenters. The van der Waals surface area contributed by atoms with E-state index in [0.29, 0.717) is 0 Å². The molecule has 0 aromatic carbocycles. The van der Waals surface area contributed by atoms with Gasteiger partial charge in [0, 0.05) is 0 Å². The quantitative estimate of drug-likeness (QED) is 0.665. The number of hydrogen-bond donors (Lipinski definition) is 2. The second-order valence-electron chi connectivity index (χ2n) is 4.00. The number of sulfonamides is 1. The summed E-state index contributed by atoms with van der Waals surface area (Å²) in [6, 6.07) is -0.424. The van der Waals surface area contributed by atoms with Gasteiger partial charge in [-0.3, -0.25) is 0 Å². The highest BCUT2D eigenvalue weighted by Crippen LogP contribution is 2.11. The molecule has 86 valence electrons. The molecule has 1 rings (SSSR count). The predicted octanol–water partition coefficient (Wildman–Crippen LogP) is -0.0729. The fourth-order valence-corrected chi connectivity index (χ4v) is 3.34. The summed E-state index contributed by atoms with van der Waals surface area (Å²) in [5.41, 5.74) is 0. The van der Waals surface area contributed by atoms with Gasteiger partial charge in [0.2, 0.25) is 10.0 Å². The number of piperidine rings is 1. The first-order chi connectivity index (χ1) is 7.03. The lowest BCUT2D eigenvalue weighted by Crippen LogP contribution is -2.40. The summed E-state index contributed by atoms with van der Waals surface area (Å²) in [6.45, 7) is 3.44. The van der Waals surface area contributed by atoms with Crippen LogP contribution in [-0.2, 0) is 10.0 Å². The van der Waals surface area contributed by atoms with E-state index in [4.69, 9.17) is 6.42 Å². The third kappa shape index (κ3) is 4.65. The lowest BCUT2D eigenvalue weighted by Gasteiger charge is -2.22. The fourth-order valence-electron chi connectivity index (χ4n) is 1.73. The van der Waals surface area contributed by atoms with Gasteiger partial charge in [0.05, 0.1) is 11.8 Å². The molecule has 0 aromatic heterocycles. The average molecular weight is 230 g/mol. The Morgan fingerprint density at radius 2 is 2.40 bits per heavy atom. The molecule has 1 saturated heterocycles. The Kier molecular flexibility index (Phi) is 4.58. The van der Waals surface area contributed by atoms with Gasteiger partial charge in [-0.2, -0.15) is 0 Å². The van der Waals surface area contributed by atoms with E-state index in [1.165, 1.54) is 0 Å². The van der Waals surface area contributed by atoms with Crippen LogP contribution in [0.25, 0.3) is 0 Å². The highest BCUT2D eigenvalue weighted by molar-refractivity contribution is 7.89. The third-order valence-corrected chi connectivity index (χ3v) is 4.08. The molecule has 0 aromatic rings. The average Bonchev–Trinajstić information content (AvgIpc) is 2.17. The van der Waals surface area contributed by atoms with E-state index in [-0.39, 0.29) is 11.7 Å². The minimum absolute atomic E-state index is 0.173. The molecule has 1 aliphatic heterocycles. The third-order valence-electron chi connectivity index (χ3n) is 2.46. The molecule has 0 radical (unpaired) electrons. The first-order valence-electron chi connectivity index (χ1n) is 5.20. The molecular weight excluding hydrogens is 212 g/mol. The summed E-state index contributed by atoms with van der Waals surface area (Å²) in [4.78, 5) is 0. The van der Waals surface area contributed by atoms with Crippen LogP contribution in [0.3, 0.4) is 0 Å². The highest BCUT2D eigenvalue weighted by atomic mass is 32.2. The van der Waals surface area contributed by atoms with Crippen LogP contribution >= 0.6 is 0 Å². The molecule has 2 atom stereocenters. The summed E-state index contributed by atoms with van der Waals surface area (Å²) >= 11 is 0. The normalized spacial score (nSPS) is 24.4. The van der Waals surface area contributed by atoms with Crippen LogP contribution < -0.4 is 10.0 Å². The summed E-state index contributed by atoms with van der Waals surface area (Å²) in [5.74, 6) is 2.73. The van der Waals surface area contributed by atoms with E-state index >= 15 is 0 Å². The molecule has 4 nitrogen and oxygen atoms in total. The summed E-state index contributed by atoms with van der Waals surface area (Å²) in [6.07, 6.45) is 7.14. The highest BCUT2D eigenvalue weighted by Gasteiger charge is 2.21. The minimum atomic E-state index is -3.23. The van der Waals surface area contributed by atoms with Gasteiger partial charge in [-0.15, -0.1) is 6.42 Å². The largest absolute Gasteiger partial charge is 0.316 e. The van der Waals surface area contributed by atoms with Crippen molar-refractivity contribution in [2.45, 2.75) is 25.8 Å². The standard InChI is InChI=1S/C10H18N2O2S/c1-3-9(2)12-15(13,14)8-10-5-4-6-11-7-10/h1,9-12H,4-8H2,2H3. The van der Waals surface area contributed by atoms with Gasteiger partial charge in [-0.25, -0.2) is 13.1 Å². The SMILES string of the molecule is C#CC(C)NS(=O)(=O)CC1CCCNC1. The van der Waals surface area contributed by atoms with Crippen molar-refractivity contribution in [1.29, 1.82) is 0 Å². The minimum Gasteiger partial charge on any atom is -0.316 e. The zero-order valence-electron chi connectivity index (χ0n) is 8.99. The molecule has 2 N–H and O–H groups in total. The van der Waals surface area contributed by atoms with E-state index in [9.17, 15) is 8.42 Å². The van der Waals surface area contributed by atoms with Crippen molar-refractivity contribution in [2.24, 2.45) is 5.92 Å². The van der Waals surface area contributed by atoms with Crippen molar-refractivity contribution in [2.75, 3.05) is 18.8 Å². The smallest absolute Gasteiger partial charge is 0.212 e. The molecule has 5 heteroatoms. The summed E-state index contributed by atoms with van der Waals surface area (Å²) < 4.78 is 25.7. The summed E-state index contributed by atoms with van der Waals surface area (Å²) in [7, 11) is -3.23. The van der Waals surface area contributed by atoms with Gasteiger partial charge < -0.3 is 5.32 Å².